The molecule has 4 heteroatoms. The van der Waals surface area contributed by atoms with E-state index in [4.69, 9.17) is 9.16 Å². The third-order valence-electron chi connectivity index (χ3n) is 5.17. The highest BCUT2D eigenvalue weighted by Crippen LogP contribution is 2.38. The van der Waals surface area contributed by atoms with Gasteiger partial charge in [-0.2, -0.15) is 0 Å². The average Bonchev–Trinajstić information content (AvgIpc) is 2.87. The first kappa shape index (κ1) is 18.9. The molecule has 0 unspecified atom stereocenters. The van der Waals surface area contributed by atoms with E-state index in [-0.39, 0.29) is 11.0 Å². The van der Waals surface area contributed by atoms with E-state index in [1.165, 1.54) is 16.7 Å². The molecule has 0 atom stereocenters. The second-order valence-corrected chi connectivity index (χ2v) is 12.8. The first-order chi connectivity index (χ1) is 11.1. The number of carbonyl (C=O) groups excluding carboxylic acids is 1. The van der Waals surface area contributed by atoms with Crippen LogP contribution in [-0.4, -0.2) is 20.9 Å². The number of ether oxygens (including phenoxy) is 1. The lowest BCUT2D eigenvalue weighted by molar-refractivity contribution is -0.137. The Morgan fingerprint density at radius 1 is 1.25 bits per heavy atom. The van der Waals surface area contributed by atoms with Gasteiger partial charge >= 0.3 is 5.97 Å². The van der Waals surface area contributed by atoms with Crippen molar-refractivity contribution in [2.24, 2.45) is 0 Å². The van der Waals surface area contributed by atoms with Gasteiger partial charge in [0.25, 0.3) is 0 Å². The minimum Gasteiger partial charge on any atom is -0.463 e. The van der Waals surface area contributed by atoms with Crippen LogP contribution in [0.1, 0.15) is 50.8 Å². The minimum absolute atomic E-state index is 0.207. The second kappa shape index (κ2) is 7.24. The van der Waals surface area contributed by atoms with Gasteiger partial charge in [-0.25, -0.2) is 4.79 Å². The summed E-state index contributed by atoms with van der Waals surface area (Å²) >= 11 is 0. The molecule has 132 valence electrons. The zero-order valence-corrected chi connectivity index (χ0v) is 16.9. The predicted molar refractivity (Wildman–Crippen MR) is 101 cm³/mol. The number of benzene rings is 1. The summed E-state index contributed by atoms with van der Waals surface area (Å²) in [6.45, 7) is 14.2. The average molecular weight is 347 g/mol. The smallest absolute Gasteiger partial charge is 0.331 e. The van der Waals surface area contributed by atoms with Gasteiger partial charge in [-0.15, -0.1) is 0 Å². The molecule has 0 aromatic heterocycles. The molecule has 0 fully saturated rings. The molecule has 0 radical (unpaired) electrons. The number of esters is 1. The van der Waals surface area contributed by atoms with Crippen LogP contribution in [0.15, 0.2) is 24.3 Å². The van der Waals surface area contributed by atoms with Gasteiger partial charge in [0.15, 0.2) is 8.32 Å². The Hall–Kier alpha value is -1.39. The van der Waals surface area contributed by atoms with Crippen LogP contribution in [0, 0.1) is 0 Å². The molecule has 0 saturated carbocycles. The second-order valence-electron chi connectivity index (χ2n) is 7.96. The highest BCUT2D eigenvalue weighted by Gasteiger charge is 2.37. The van der Waals surface area contributed by atoms with Gasteiger partial charge in [0.2, 0.25) is 0 Å². The van der Waals surface area contributed by atoms with E-state index in [9.17, 15) is 4.79 Å². The van der Waals surface area contributed by atoms with Crippen molar-refractivity contribution in [1.29, 1.82) is 0 Å². The number of hydrogen-bond acceptors (Lipinski definition) is 3. The predicted octanol–water partition coefficient (Wildman–Crippen LogP) is 5.10. The molecule has 1 aromatic carbocycles. The summed E-state index contributed by atoms with van der Waals surface area (Å²) in [6, 6.07) is 6.51. The molecular weight excluding hydrogens is 316 g/mol. The maximum atomic E-state index is 11.7. The Balaban J connectivity index is 2.15. The lowest BCUT2D eigenvalue weighted by Crippen LogP contribution is -2.40. The number of allylic oxidation sites excluding steroid dienone is 1. The quantitative estimate of drug-likeness (QED) is 0.423. The van der Waals surface area contributed by atoms with Crippen LogP contribution < -0.4 is 0 Å². The van der Waals surface area contributed by atoms with Gasteiger partial charge in [0.05, 0.1) is 13.2 Å². The summed E-state index contributed by atoms with van der Waals surface area (Å²) in [4.78, 5) is 11.7. The molecule has 3 nitrogen and oxygen atoms in total. The van der Waals surface area contributed by atoms with Crippen LogP contribution in [0.2, 0.25) is 18.1 Å². The molecule has 0 heterocycles. The zero-order valence-electron chi connectivity index (χ0n) is 15.9. The van der Waals surface area contributed by atoms with Gasteiger partial charge in [-0.1, -0.05) is 32.9 Å². The van der Waals surface area contributed by atoms with Gasteiger partial charge in [-0.05, 0) is 66.2 Å². The molecule has 1 aromatic rings. The fourth-order valence-electron chi connectivity index (χ4n) is 2.59. The highest BCUT2D eigenvalue weighted by molar-refractivity contribution is 6.74. The molecule has 0 bridgehead atoms. The van der Waals surface area contributed by atoms with Crippen molar-refractivity contribution in [1.82, 2.24) is 0 Å². The molecular formula is C20H30O3Si. The van der Waals surface area contributed by atoms with Crippen LogP contribution in [-0.2, 0) is 27.0 Å². The van der Waals surface area contributed by atoms with Gasteiger partial charge < -0.3 is 9.16 Å². The van der Waals surface area contributed by atoms with Gasteiger partial charge in [0.1, 0.15) is 0 Å². The molecule has 0 amide bonds. The SMILES string of the molecule is CCOC(=O)/C=C1\CCc2ccc(CO[Si](C)(C)C(C)(C)C)cc21. The number of fused-ring (bicyclic) bond motifs is 1. The van der Waals surface area contributed by atoms with Crippen LogP contribution in [0.25, 0.3) is 5.57 Å². The van der Waals surface area contributed by atoms with Gasteiger partial charge in [-0.3, -0.25) is 0 Å². The van der Waals surface area contributed by atoms with Crippen molar-refractivity contribution in [3.63, 3.8) is 0 Å². The topological polar surface area (TPSA) is 35.5 Å². The lowest BCUT2D eigenvalue weighted by atomic mass is 10.0. The molecule has 1 aliphatic carbocycles. The van der Waals surface area contributed by atoms with Crippen molar-refractivity contribution >= 4 is 19.9 Å². The highest BCUT2D eigenvalue weighted by atomic mass is 28.4. The number of aryl methyl sites for hydroxylation is 1. The number of hydrogen-bond donors (Lipinski definition) is 0. The molecule has 2 rings (SSSR count). The Morgan fingerprint density at radius 3 is 2.58 bits per heavy atom. The largest absolute Gasteiger partial charge is 0.463 e. The van der Waals surface area contributed by atoms with Crippen LogP contribution in [0.4, 0.5) is 0 Å². The summed E-state index contributed by atoms with van der Waals surface area (Å²) in [5.74, 6) is -0.247. The summed E-state index contributed by atoms with van der Waals surface area (Å²) < 4.78 is 11.4. The van der Waals surface area contributed by atoms with Crippen LogP contribution >= 0.6 is 0 Å². The van der Waals surface area contributed by atoms with E-state index < -0.39 is 8.32 Å². The Bertz CT molecular complexity index is 639. The monoisotopic (exact) mass is 346 g/mol. The van der Waals surface area contributed by atoms with Crippen LogP contribution in [0.5, 0.6) is 0 Å². The third-order valence-corrected chi connectivity index (χ3v) is 9.65. The Labute approximate surface area is 147 Å². The summed E-state index contributed by atoms with van der Waals surface area (Å²) in [5.41, 5.74) is 4.74. The van der Waals surface area contributed by atoms with Crippen molar-refractivity contribution in [3.8, 4) is 0 Å². The van der Waals surface area contributed by atoms with E-state index in [2.05, 4.69) is 52.1 Å². The first-order valence-electron chi connectivity index (χ1n) is 8.77. The molecule has 0 aliphatic heterocycles. The van der Waals surface area contributed by atoms with Crippen molar-refractivity contribution in [3.05, 3.63) is 41.0 Å². The zero-order chi connectivity index (χ0) is 18.0. The van der Waals surface area contributed by atoms with Crippen molar-refractivity contribution < 1.29 is 14.0 Å². The van der Waals surface area contributed by atoms with E-state index in [1.807, 2.05) is 6.92 Å². The van der Waals surface area contributed by atoms with E-state index in [0.29, 0.717) is 13.2 Å². The lowest BCUT2D eigenvalue weighted by Gasteiger charge is -2.36. The first-order valence-corrected chi connectivity index (χ1v) is 11.7. The molecule has 1 aliphatic rings. The number of rotatable bonds is 5. The van der Waals surface area contributed by atoms with E-state index >= 15 is 0 Å². The molecule has 24 heavy (non-hydrogen) atoms. The third kappa shape index (κ3) is 4.36. The van der Waals surface area contributed by atoms with E-state index in [0.717, 1.165) is 18.4 Å². The molecule has 0 N–H and O–H groups in total. The summed E-state index contributed by atoms with van der Waals surface area (Å²) in [6.07, 6.45) is 3.54. The minimum atomic E-state index is -1.76. The van der Waals surface area contributed by atoms with Gasteiger partial charge in [0, 0.05) is 6.08 Å². The van der Waals surface area contributed by atoms with Crippen molar-refractivity contribution in [2.75, 3.05) is 6.61 Å². The molecule has 0 spiro atoms. The maximum absolute atomic E-state index is 11.7. The van der Waals surface area contributed by atoms with Crippen molar-refractivity contribution in [2.45, 2.75) is 65.3 Å². The Kier molecular flexibility index (Phi) is 5.71. The standard InChI is InChI=1S/C20H30O3Si/c1-7-22-19(21)13-17-11-10-16-9-8-15(12-18(16)17)14-23-24(5,6)20(2,3)4/h8-9,12-13H,7,10-11,14H2,1-6H3/b17-13+. The fourth-order valence-corrected chi connectivity index (χ4v) is 3.55. The summed E-state index contributed by atoms with van der Waals surface area (Å²) in [5, 5.41) is 0.207. The van der Waals surface area contributed by atoms with Crippen LogP contribution in [0.3, 0.4) is 0 Å². The maximum Gasteiger partial charge on any atom is 0.331 e. The molecule has 0 saturated heterocycles. The van der Waals surface area contributed by atoms with E-state index in [1.54, 1.807) is 6.08 Å². The summed E-state index contributed by atoms with van der Waals surface area (Å²) in [7, 11) is -1.76. The fraction of sp³-hybridized carbons (Fsp3) is 0.550. The number of carbonyl (C=O) groups is 1. The Morgan fingerprint density at radius 2 is 1.96 bits per heavy atom. The normalized spacial score (nSPS) is 16.3.